The first-order chi connectivity index (χ1) is 9.17. The van der Waals surface area contributed by atoms with Crippen LogP contribution in [-0.4, -0.2) is 31.1 Å². The maximum absolute atomic E-state index is 6.43. The van der Waals surface area contributed by atoms with Crippen molar-refractivity contribution < 1.29 is 4.74 Å². The van der Waals surface area contributed by atoms with E-state index in [1.54, 1.807) is 7.11 Å². The third kappa shape index (κ3) is 3.30. The van der Waals surface area contributed by atoms with Gasteiger partial charge in [-0.2, -0.15) is 0 Å². The van der Waals surface area contributed by atoms with E-state index in [-0.39, 0.29) is 12.1 Å². The highest BCUT2D eigenvalue weighted by Crippen LogP contribution is 2.35. The lowest BCUT2D eigenvalue weighted by Gasteiger charge is -2.33. The lowest BCUT2D eigenvalue weighted by atomic mass is 9.96. The van der Waals surface area contributed by atoms with Gasteiger partial charge in [0.2, 0.25) is 0 Å². The van der Waals surface area contributed by atoms with E-state index in [2.05, 4.69) is 39.9 Å². The largest absolute Gasteiger partial charge is 0.497 e. The number of methoxy groups -OCH3 is 1. The van der Waals surface area contributed by atoms with Crippen molar-refractivity contribution in [3.63, 3.8) is 0 Å². The highest BCUT2D eigenvalue weighted by molar-refractivity contribution is 9.10. The van der Waals surface area contributed by atoms with Gasteiger partial charge in [0.05, 0.1) is 13.2 Å². The average Bonchev–Trinajstić information content (AvgIpc) is 2.61. The van der Waals surface area contributed by atoms with E-state index in [9.17, 15) is 0 Å². The molecule has 1 aromatic carbocycles. The molecule has 2 unspecified atom stereocenters. The highest BCUT2D eigenvalue weighted by Gasteiger charge is 2.29. The van der Waals surface area contributed by atoms with E-state index in [0.717, 1.165) is 29.7 Å². The summed E-state index contributed by atoms with van der Waals surface area (Å²) in [6.45, 7) is 4.36. The van der Waals surface area contributed by atoms with Crippen LogP contribution >= 0.6 is 15.9 Å². The van der Waals surface area contributed by atoms with E-state index in [1.165, 1.54) is 18.4 Å². The van der Waals surface area contributed by atoms with E-state index in [4.69, 9.17) is 10.5 Å². The van der Waals surface area contributed by atoms with E-state index in [0.29, 0.717) is 0 Å². The number of likely N-dealkylation sites (tertiary alicyclic amines) is 1. The zero-order valence-corrected chi connectivity index (χ0v) is 13.3. The molecule has 0 spiro atoms. The van der Waals surface area contributed by atoms with Gasteiger partial charge >= 0.3 is 0 Å². The number of rotatable bonds is 3. The van der Waals surface area contributed by atoms with Crippen molar-refractivity contribution in [1.29, 1.82) is 0 Å². The normalized spacial score (nSPS) is 25.1. The Kier molecular flexibility index (Phi) is 5.25. The number of likely N-dealkylation sites (N-methyl/N-ethyl adjacent to an activating group) is 1. The molecule has 2 N–H and O–H groups in total. The van der Waals surface area contributed by atoms with Crippen LogP contribution in [0.5, 0.6) is 5.75 Å². The molecule has 0 saturated carbocycles. The fourth-order valence-corrected chi connectivity index (χ4v) is 3.40. The Balaban J connectivity index is 2.39. The van der Waals surface area contributed by atoms with Gasteiger partial charge in [0.1, 0.15) is 5.75 Å². The summed E-state index contributed by atoms with van der Waals surface area (Å²) in [7, 11) is 1.71. The van der Waals surface area contributed by atoms with Crippen molar-refractivity contribution in [3.8, 4) is 5.75 Å². The van der Waals surface area contributed by atoms with Gasteiger partial charge in [0.15, 0.2) is 0 Å². The van der Waals surface area contributed by atoms with Crippen LogP contribution in [0.4, 0.5) is 0 Å². The smallest absolute Gasteiger partial charge is 0.119 e. The molecule has 1 heterocycles. The van der Waals surface area contributed by atoms with Crippen molar-refractivity contribution >= 4 is 15.9 Å². The molecule has 2 rings (SSSR count). The number of nitrogens with zero attached hydrogens (tertiary/aromatic N) is 1. The molecule has 19 heavy (non-hydrogen) atoms. The Morgan fingerprint density at radius 2 is 2.21 bits per heavy atom. The molecular weight excluding hydrogens is 304 g/mol. The predicted molar refractivity (Wildman–Crippen MR) is 82.5 cm³/mol. The standard InChI is InChI=1S/C15H23BrN2O/c1-3-18-9-5-4-6-14(17)15(18)12-10-11(19-2)7-8-13(12)16/h7-8,10,14-15H,3-6,9,17H2,1-2H3. The van der Waals surface area contributed by atoms with Gasteiger partial charge in [-0.15, -0.1) is 0 Å². The molecule has 0 aliphatic carbocycles. The monoisotopic (exact) mass is 326 g/mol. The van der Waals surface area contributed by atoms with E-state index in [1.807, 2.05) is 6.07 Å². The Morgan fingerprint density at radius 3 is 2.89 bits per heavy atom. The topological polar surface area (TPSA) is 38.5 Å². The van der Waals surface area contributed by atoms with Crippen LogP contribution in [0.15, 0.2) is 22.7 Å². The lowest BCUT2D eigenvalue weighted by molar-refractivity contribution is 0.194. The molecule has 0 radical (unpaired) electrons. The van der Waals surface area contributed by atoms with Crippen LogP contribution in [0.3, 0.4) is 0 Å². The third-order valence-corrected chi connectivity index (χ3v) is 4.68. The van der Waals surface area contributed by atoms with Crippen molar-refractivity contribution in [2.24, 2.45) is 5.73 Å². The van der Waals surface area contributed by atoms with E-state index < -0.39 is 0 Å². The van der Waals surface area contributed by atoms with Crippen LogP contribution in [0.2, 0.25) is 0 Å². The molecule has 1 saturated heterocycles. The molecule has 0 amide bonds. The second-order valence-electron chi connectivity index (χ2n) is 5.12. The first-order valence-electron chi connectivity index (χ1n) is 7.00. The molecule has 1 aliphatic rings. The quantitative estimate of drug-likeness (QED) is 0.925. The van der Waals surface area contributed by atoms with Gasteiger partial charge in [-0.05, 0) is 49.7 Å². The summed E-state index contributed by atoms with van der Waals surface area (Å²) in [5.41, 5.74) is 7.68. The number of ether oxygens (including phenoxy) is 1. The second-order valence-corrected chi connectivity index (χ2v) is 5.97. The van der Waals surface area contributed by atoms with Crippen molar-refractivity contribution in [1.82, 2.24) is 4.90 Å². The summed E-state index contributed by atoms with van der Waals surface area (Å²) >= 11 is 3.67. The molecule has 1 aliphatic heterocycles. The molecule has 4 heteroatoms. The molecular formula is C15H23BrN2O. The molecule has 2 atom stereocenters. The molecule has 0 aromatic heterocycles. The zero-order valence-electron chi connectivity index (χ0n) is 11.7. The Morgan fingerprint density at radius 1 is 1.42 bits per heavy atom. The summed E-state index contributed by atoms with van der Waals surface area (Å²) in [4.78, 5) is 2.48. The third-order valence-electron chi connectivity index (χ3n) is 3.96. The molecule has 0 bridgehead atoms. The fourth-order valence-electron chi connectivity index (χ4n) is 2.92. The summed E-state index contributed by atoms with van der Waals surface area (Å²) in [5, 5.41) is 0. The van der Waals surface area contributed by atoms with Gasteiger partial charge in [-0.3, -0.25) is 4.90 Å². The minimum absolute atomic E-state index is 0.186. The lowest BCUT2D eigenvalue weighted by Crippen LogP contribution is -2.39. The summed E-state index contributed by atoms with van der Waals surface area (Å²) in [6, 6.07) is 6.61. The highest BCUT2D eigenvalue weighted by atomic mass is 79.9. The maximum atomic E-state index is 6.43. The van der Waals surface area contributed by atoms with E-state index >= 15 is 0 Å². The van der Waals surface area contributed by atoms with Crippen molar-refractivity contribution in [2.75, 3.05) is 20.2 Å². The zero-order chi connectivity index (χ0) is 13.8. The Bertz CT molecular complexity index is 425. The minimum atomic E-state index is 0.186. The molecule has 1 fully saturated rings. The predicted octanol–water partition coefficient (Wildman–Crippen LogP) is 3.33. The van der Waals surface area contributed by atoms with Gasteiger partial charge in [-0.1, -0.05) is 29.3 Å². The van der Waals surface area contributed by atoms with Crippen molar-refractivity contribution in [3.05, 3.63) is 28.2 Å². The van der Waals surface area contributed by atoms with Gasteiger partial charge in [-0.25, -0.2) is 0 Å². The number of benzene rings is 1. The van der Waals surface area contributed by atoms with Crippen LogP contribution in [0, 0.1) is 0 Å². The molecule has 3 nitrogen and oxygen atoms in total. The summed E-state index contributed by atoms with van der Waals surface area (Å²) in [5.74, 6) is 0.894. The first kappa shape index (κ1) is 14.8. The van der Waals surface area contributed by atoms with Gasteiger partial charge in [0, 0.05) is 10.5 Å². The Hall–Kier alpha value is -0.580. The van der Waals surface area contributed by atoms with Crippen LogP contribution in [-0.2, 0) is 0 Å². The Labute approximate surface area is 124 Å². The van der Waals surface area contributed by atoms with Crippen LogP contribution in [0.1, 0.15) is 37.8 Å². The fraction of sp³-hybridized carbons (Fsp3) is 0.600. The SMILES string of the molecule is CCN1CCCCC(N)C1c1cc(OC)ccc1Br. The second kappa shape index (κ2) is 6.73. The van der Waals surface area contributed by atoms with Gasteiger partial charge < -0.3 is 10.5 Å². The summed E-state index contributed by atoms with van der Waals surface area (Å²) in [6.07, 6.45) is 3.54. The number of halogens is 1. The minimum Gasteiger partial charge on any atom is -0.497 e. The first-order valence-corrected chi connectivity index (χ1v) is 7.79. The van der Waals surface area contributed by atoms with Crippen molar-refractivity contribution in [2.45, 2.75) is 38.3 Å². The number of hydrogen-bond acceptors (Lipinski definition) is 3. The maximum Gasteiger partial charge on any atom is 0.119 e. The van der Waals surface area contributed by atoms with Crippen LogP contribution in [0.25, 0.3) is 0 Å². The molecule has 1 aromatic rings. The number of nitrogens with two attached hydrogens (primary N) is 1. The van der Waals surface area contributed by atoms with Crippen LogP contribution < -0.4 is 10.5 Å². The average molecular weight is 327 g/mol. The number of hydrogen-bond donors (Lipinski definition) is 1. The summed E-state index contributed by atoms with van der Waals surface area (Å²) < 4.78 is 6.48. The molecule has 106 valence electrons. The van der Waals surface area contributed by atoms with Gasteiger partial charge in [0.25, 0.3) is 0 Å².